The van der Waals surface area contributed by atoms with Crippen LogP contribution in [-0.4, -0.2) is 36.8 Å². The van der Waals surface area contributed by atoms with E-state index in [0.717, 1.165) is 10.1 Å². The number of carbonyl (C=O) groups excluding carboxylic acids is 1. The Hall–Kier alpha value is -1.21. The van der Waals surface area contributed by atoms with Gasteiger partial charge < -0.3 is 15.7 Å². The van der Waals surface area contributed by atoms with Gasteiger partial charge in [0.15, 0.2) is 0 Å². The first-order chi connectivity index (χ1) is 9.63. The van der Waals surface area contributed by atoms with Crippen LogP contribution < -0.4 is 10.6 Å². The lowest BCUT2D eigenvalue weighted by Gasteiger charge is -2.13. The molecule has 1 saturated heterocycles. The highest BCUT2D eigenvalue weighted by atomic mass is 35.5. The number of fused-ring (bicyclic) bond motifs is 1. The van der Waals surface area contributed by atoms with Gasteiger partial charge in [0.05, 0.1) is 11.0 Å². The minimum absolute atomic E-state index is 0. The van der Waals surface area contributed by atoms with Crippen LogP contribution in [0.1, 0.15) is 9.67 Å². The fraction of sp³-hybridized carbons (Fsp3) is 0.357. The molecule has 1 aromatic carbocycles. The summed E-state index contributed by atoms with van der Waals surface area (Å²) < 4.78 is 14.0. The van der Waals surface area contributed by atoms with Gasteiger partial charge in [-0.05, 0) is 29.7 Å². The monoisotopic (exact) mass is 330 g/mol. The number of rotatable bonds is 3. The lowest BCUT2D eigenvalue weighted by molar-refractivity contribution is 0.0931. The van der Waals surface area contributed by atoms with Crippen molar-refractivity contribution in [2.24, 2.45) is 5.92 Å². The van der Waals surface area contributed by atoms with Crippen molar-refractivity contribution in [3.05, 3.63) is 35.0 Å². The molecule has 2 aromatic rings. The Kier molecular flexibility index (Phi) is 5.16. The number of thiophene rings is 1. The Balaban J connectivity index is 0.00000161. The number of hydrogen-bond acceptors (Lipinski definition) is 4. The molecule has 0 bridgehead atoms. The van der Waals surface area contributed by atoms with Crippen LogP contribution in [0.5, 0.6) is 0 Å². The van der Waals surface area contributed by atoms with Crippen molar-refractivity contribution in [2.75, 3.05) is 19.6 Å². The number of carbonyl (C=O) groups is 1. The highest BCUT2D eigenvalue weighted by molar-refractivity contribution is 7.20. The van der Waals surface area contributed by atoms with Gasteiger partial charge in [-0.1, -0.05) is 0 Å². The van der Waals surface area contributed by atoms with E-state index in [9.17, 15) is 14.3 Å². The zero-order chi connectivity index (χ0) is 14.1. The Bertz CT molecular complexity index is 649. The van der Waals surface area contributed by atoms with Gasteiger partial charge in [0.2, 0.25) is 0 Å². The summed E-state index contributed by atoms with van der Waals surface area (Å²) >= 11 is 1.34. The average Bonchev–Trinajstić information content (AvgIpc) is 3.01. The number of nitrogens with one attached hydrogen (secondary N) is 2. The molecule has 2 unspecified atom stereocenters. The predicted octanol–water partition coefficient (Wildman–Crippen LogP) is 1.77. The van der Waals surface area contributed by atoms with E-state index in [1.54, 1.807) is 12.1 Å². The zero-order valence-electron chi connectivity index (χ0n) is 11.1. The molecule has 0 aliphatic carbocycles. The number of aliphatic hydroxyl groups is 1. The van der Waals surface area contributed by atoms with Gasteiger partial charge in [0.25, 0.3) is 5.91 Å². The Labute approximate surface area is 131 Å². The summed E-state index contributed by atoms with van der Waals surface area (Å²) in [4.78, 5) is 12.6. The van der Waals surface area contributed by atoms with Gasteiger partial charge in [-0.3, -0.25) is 4.79 Å². The molecule has 0 saturated carbocycles. The van der Waals surface area contributed by atoms with Crippen molar-refractivity contribution in [2.45, 2.75) is 6.10 Å². The molecule has 4 nitrogen and oxygen atoms in total. The average molecular weight is 331 g/mol. The number of benzene rings is 1. The van der Waals surface area contributed by atoms with E-state index >= 15 is 0 Å². The molecule has 2 heterocycles. The van der Waals surface area contributed by atoms with E-state index in [1.807, 2.05) is 0 Å². The first-order valence-electron chi connectivity index (χ1n) is 6.49. The molecule has 114 valence electrons. The maximum Gasteiger partial charge on any atom is 0.261 e. The highest BCUT2D eigenvalue weighted by Crippen LogP contribution is 2.26. The molecule has 0 radical (unpaired) electrons. The van der Waals surface area contributed by atoms with E-state index in [4.69, 9.17) is 0 Å². The third kappa shape index (κ3) is 3.52. The maximum atomic E-state index is 13.1. The van der Waals surface area contributed by atoms with Gasteiger partial charge in [-0.15, -0.1) is 23.7 Å². The zero-order valence-corrected chi connectivity index (χ0v) is 12.8. The van der Waals surface area contributed by atoms with Crippen molar-refractivity contribution in [1.82, 2.24) is 10.6 Å². The first-order valence-corrected chi connectivity index (χ1v) is 7.31. The van der Waals surface area contributed by atoms with Crippen molar-refractivity contribution < 1.29 is 14.3 Å². The third-order valence-electron chi connectivity index (χ3n) is 3.53. The fourth-order valence-electron chi connectivity index (χ4n) is 2.36. The minimum Gasteiger partial charge on any atom is -0.391 e. The number of hydrogen-bond donors (Lipinski definition) is 3. The molecular formula is C14H16ClFN2O2S. The lowest BCUT2D eigenvalue weighted by Crippen LogP contribution is -2.33. The lowest BCUT2D eigenvalue weighted by atomic mass is 10.1. The van der Waals surface area contributed by atoms with Crippen molar-refractivity contribution >= 4 is 39.7 Å². The molecule has 3 rings (SSSR count). The van der Waals surface area contributed by atoms with Crippen LogP contribution in [0.2, 0.25) is 0 Å². The molecule has 7 heteroatoms. The minimum atomic E-state index is -0.410. The van der Waals surface area contributed by atoms with Crippen molar-refractivity contribution in [1.29, 1.82) is 0 Å². The summed E-state index contributed by atoms with van der Waals surface area (Å²) in [5.74, 6) is -0.432. The summed E-state index contributed by atoms with van der Waals surface area (Å²) in [6.45, 7) is 1.72. The smallest absolute Gasteiger partial charge is 0.261 e. The summed E-state index contributed by atoms with van der Waals surface area (Å²) in [6, 6.07) is 6.19. The van der Waals surface area contributed by atoms with Crippen molar-refractivity contribution in [3.8, 4) is 0 Å². The second kappa shape index (κ2) is 6.70. The second-order valence-corrected chi connectivity index (χ2v) is 6.07. The topological polar surface area (TPSA) is 61.4 Å². The predicted molar refractivity (Wildman–Crippen MR) is 83.7 cm³/mol. The van der Waals surface area contributed by atoms with Crippen LogP contribution in [0.25, 0.3) is 10.1 Å². The Morgan fingerprint density at radius 1 is 1.43 bits per heavy atom. The van der Waals surface area contributed by atoms with E-state index in [-0.39, 0.29) is 30.0 Å². The van der Waals surface area contributed by atoms with Crippen molar-refractivity contribution in [3.63, 3.8) is 0 Å². The van der Waals surface area contributed by atoms with E-state index in [2.05, 4.69) is 10.6 Å². The van der Waals surface area contributed by atoms with E-state index in [1.165, 1.54) is 23.5 Å². The van der Waals surface area contributed by atoms with Crippen LogP contribution >= 0.6 is 23.7 Å². The van der Waals surface area contributed by atoms with Crippen LogP contribution in [0.15, 0.2) is 24.3 Å². The molecule has 1 fully saturated rings. The quantitative estimate of drug-likeness (QED) is 0.804. The van der Waals surface area contributed by atoms with Gasteiger partial charge in [-0.25, -0.2) is 4.39 Å². The van der Waals surface area contributed by atoms with Gasteiger partial charge in [0.1, 0.15) is 5.82 Å². The number of β-amino-alcohol motifs (C(OH)–C–C–N with tert-alkyl or cyclic N) is 1. The fourth-order valence-corrected chi connectivity index (χ4v) is 3.32. The standard InChI is InChI=1S/C14H15FN2O2S.ClH/c15-10-1-2-12-8(3-10)4-13(20-12)14(19)17-6-9-5-16-7-11(9)18;/h1-4,9,11,16,18H,5-7H2,(H,17,19);1H. The normalized spacial score (nSPS) is 21.2. The summed E-state index contributed by atoms with van der Waals surface area (Å²) in [5.41, 5.74) is 0. The molecule has 3 N–H and O–H groups in total. The Morgan fingerprint density at radius 3 is 2.95 bits per heavy atom. The molecule has 1 aliphatic rings. The highest BCUT2D eigenvalue weighted by Gasteiger charge is 2.25. The number of aliphatic hydroxyl groups excluding tert-OH is 1. The van der Waals surface area contributed by atoms with Crippen LogP contribution in [0, 0.1) is 11.7 Å². The molecule has 1 aromatic heterocycles. The molecule has 0 spiro atoms. The largest absolute Gasteiger partial charge is 0.391 e. The third-order valence-corrected chi connectivity index (χ3v) is 4.65. The van der Waals surface area contributed by atoms with Gasteiger partial charge >= 0.3 is 0 Å². The Morgan fingerprint density at radius 2 is 2.24 bits per heavy atom. The number of halogens is 2. The maximum absolute atomic E-state index is 13.1. The van der Waals surface area contributed by atoms with Crippen LogP contribution in [0.4, 0.5) is 4.39 Å². The van der Waals surface area contributed by atoms with Gasteiger partial charge in [-0.2, -0.15) is 0 Å². The van der Waals surface area contributed by atoms with E-state index in [0.29, 0.717) is 24.5 Å². The second-order valence-electron chi connectivity index (χ2n) is 4.99. The first kappa shape index (κ1) is 16.2. The molecule has 1 aliphatic heterocycles. The molecule has 21 heavy (non-hydrogen) atoms. The summed E-state index contributed by atoms with van der Waals surface area (Å²) in [6.07, 6.45) is -0.410. The summed E-state index contributed by atoms with van der Waals surface area (Å²) in [7, 11) is 0. The molecule has 1 amide bonds. The molecular weight excluding hydrogens is 315 g/mol. The van der Waals surface area contributed by atoms with Crippen LogP contribution in [0.3, 0.4) is 0 Å². The van der Waals surface area contributed by atoms with E-state index < -0.39 is 6.10 Å². The summed E-state index contributed by atoms with van der Waals surface area (Å²) in [5, 5.41) is 16.3. The SMILES string of the molecule is Cl.O=C(NCC1CNCC1O)c1cc2cc(F)ccc2s1. The number of amides is 1. The van der Waals surface area contributed by atoms with Gasteiger partial charge in [0, 0.05) is 30.3 Å². The molecule has 2 atom stereocenters. The van der Waals surface area contributed by atoms with Crippen LogP contribution in [-0.2, 0) is 0 Å².